The molecule has 0 aromatic rings. The highest BCUT2D eigenvalue weighted by atomic mass is 14.9. The summed E-state index contributed by atoms with van der Waals surface area (Å²) in [5.41, 5.74) is 0. The molecule has 2 aliphatic carbocycles. The lowest BCUT2D eigenvalue weighted by Gasteiger charge is -2.35. The molecular formula is C15H29N. The van der Waals surface area contributed by atoms with Gasteiger partial charge in [0.05, 0.1) is 0 Å². The largest absolute Gasteiger partial charge is 0.314 e. The van der Waals surface area contributed by atoms with Gasteiger partial charge in [-0.05, 0) is 37.1 Å². The van der Waals surface area contributed by atoms with E-state index in [-0.39, 0.29) is 0 Å². The first-order chi connectivity index (χ1) is 7.77. The highest BCUT2D eigenvalue weighted by molar-refractivity contribution is 4.82. The van der Waals surface area contributed by atoms with Gasteiger partial charge in [0.15, 0.2) is 0 Å². The first kappa shape index (κ1) is 12.4. The van der Waals surface area contributed by atoms with Crippen molar-refractivity contribution in [3.05, 3.63) is 0 Å². The molecule has 1 nitrogen and oxygen atoms in total. The zero-order valence-corrected chi connectivity index (χ0v) is 11.2. The number of nitrogens with one attached hydrogen (secondary N) is 1. The van der Waals surface area contributed by atoms with Gasteiger partial charge >= 0.3 is 0 Å². The second-order valence-electron chi connectivity index (χ2n) is 6.27. The Balaban J connectivity index is 1.64. The van der Waals surface area contributed by atoms with Crippen LogP contribution < -0.4 is 5.32 Å². The van der Waals surface area contributed by atoms with Gasteiger partial charge in [0, 0.05) is 6.04 Å². The van der Waals surface area contributed by atoms with E-state index in [1.165, 1.54) is 57.9 Å². The van der Waals surface area contributed by atoms with E-state index in [0.717, 1.165) is 23.8 Å². The smallest absolute Gasteiger partial charge is 0.00952 e. The first-order valence-corrected chi connectivity index (χ1v) is 7.50. The van der Waals surface area contributed by atoms with Crippen LogP contribution in [0.2, 0.25) is 0 Å². The molecule has 2 rings (SSSR count). The molecule has 0 saturated heterocycles. The lowest BCUT2D eigenvalue weighted by molar-refractivity contribution is 0.204. The molecule has 0 aromatic carbocycles. The predicted molar refractivity (Wildman–Crippen MR) is 70.5 cm³/mol. The van der Waals surface area contributed by atoms with Crippen molar-refractivity contribution < 1.29 is 0 Å². The minimum absolute atomic E-state index is 0.810. The van der Waals surface area contributed by atoms with Crippen LogP contribution in [0, 0.1) is 17.8 Å². The molecular weight excluding hydrogens is 194 g/mol. The molecule has 2 fully saturated rings. The summed E-state index contributed by atoms with van der Waals surface area (Å²) >= 11 is 0. The Morgan fingerprint density at radius 2 is 1.69 bits per heavy atom. The second-order valence-corrected chi connectivity index (χ2v) is 6.27. The standard InChI is InChI=1S/C15H29N/c1-12-6-5-9-15(13(12)2)16-11-10-14-7-3-4-8-14/h12-16H,3-11H2,1-2H3. The summed E-state index contributed by atoms with van der Waals surface area (Å²) in [5, 5.41) is 3.83. The fourth-order valence-corrected chi connectivity index (χ4v) is 3.64. The van der Waals surface area contributed by atoms with E-state index in [2.05, 4.69) is 19.2 Å². The fourth-order valence-electron chi connectivity index (χ4n) is 3.64. The molecule has 0 radical (unpaired) electrons. The Bertz CT molecular complexity index is 196. The van der Waals surface area contributed by atoms with Gasteiger partial charge in [-0.25, -0.2) is 0 Å². The predicted octanol–water partition coefficient (Wildman–Crippen LogP) is 3.98. The van der Waals surface area contributed by atoms with Crippen LogP contribution in [0.25, 0.3) is 0 Å². The summed E-state index contributed by atoms with van der Waals surface area (Å²) in [6, 6.07) is 0.810. The minimum atomic E-state index is 0.810. The molecule has 0 bridgehead atoms. The van der Waals surface area contributed by atoms with Gasteiger partial charge in [-0.2, -0.15) is 0 Å². The van der Waals surface area contributed by atoms with Gasteiger partial charge in [0.1, 0.15) is 0 Å². The van der Waals surface area contributed by atoms with E-state index in [4.69, 9.17) is 0 Å². The molecule has 3 unspecified atom stereocenters. The summed E-state index contributed by atoms with van der Waals surface area (Å²) in [6.07, 6.45) is 11.7. The lowest BCUT2D eigenvalue weighted by atomic mass is 9.78. The van der Waals surface area contributed by atoms with Crippen LogP contribution in [0.4, 0.5) is 0 Å². The third kappa shape index (κ3) is 3.23. The van der Waals surface area contributed by atoms with Crippen LogP contribution in [0.1, 0.15) is 65.2 Å². The van der Waals surface area contributed by atoms with E-state index in [9.17, 15) is 0 Å². The molecule has 94 valence electrons. The van der Waals surface area contributed by atoms with Crippen LogP contribution in [0.15, 0.2) is 0 Å². The Hall–Kier alpha value is -0.0400. The zero-order valence-electron chi connectivity index (χ0n) is 11.2. The van der Waals surface area contributed by atoms with Crippen LogP contribution in [0.5, 0.6) is 0 Å². The Kier molecular flexibility index (Phi) is 4.69. The quantitative estimate of drug-likeness (QED) is 0.760. The van der Waals surface area contributed by atoms with Crippen molar-refractivity contribution in [2.75, 3.05) is 6.54 Å². The molecule has 1 heteroatoms. The topological polar surface area (TPSA) is 12.0 Å². The molecule has 3 atom stereocenters. The van der Waals surface area contributed by atoms with E-state index in [0.29, 0.717) is 0 Å². The van der Waals surface area contributed by atoms with Crippen LogP contribution in [-0.2, 0) is 0 Å². The molecule has 0 amide bonds. The SMILES string of the molecule is CC1CCCC(NCCC2CCCC2)C1C. The van der Waals surface area contributed by atoms with Gasteiger partial charge in [-0.3, -0.25) is 0 Å². The maximum Gasteiger partial charge on any atom is 0.00952 e. The summed E-state index contributed by atoms with van der Waals surface area (Å²) in [5.74, 6) is 2.86. The highest BCUT2D eigenvalue weighted by Gasteiger charge is 2.26. The van der Waals surface area contributed by atoms with Crippen molar-refractivity contribution in [2.45, 2.75) is 71.3 Å². The van der Waals surface area contributed by atoms with Crippen molar-refractivity contribution in [1.82, 2.24) is 5.32 Å². The average molecular weight is 223 g/mol. The van der Waals surface area contributed by atoms with Crippen LogP contribution >= 0.6 is 0 Å². The van der Waals surface area contributed by atoms with E-state index >= 15 is 0 Å². The number of hydrogen-bond acceptors (Lipinski definition) is 1. The molecule has 2 aliphatic rings. The van der Waals surface area contributed by atoms with Crippen molar-refractivity contribution in [2.24, 2.45) is 17.8 Å². The van der Waals surface area contributed by atoms with Crippen LogP contribution in [-0.4, -0.2) is 12.6 Å². The van der Waals surface area contributed by atoms with Crippen molar-refractivity contribution >= 4 is 0 Å². The molecule has 1 N–H and O–H groups in total. The molecule has 16 heavy (non-hydrogen) atoms. The van der Waals surface area contributed by atoms with Gasteiger partial charge in [0.2, 0.25) is 0 Å². The zero-order chi connectivity index (χ0) is 11.4. The number of hydrogen-bond donors (Lipinski definition) is 1. The summed E-state index contributed by atoms with van der Waals surface area (Å²) in [4.78, 5) is 0. The van der Waals surface area contributed by atoms with E-state index in [1.54, 1.807) is 0 Å². The molecule has 0 spiro atoms. The molecule has 0 aliphatic heterocycles. The first-order valence-electron chi connectivity index (χ1n) is 7.50. The Morgan fingerprint density at radius 3 is 2.44 bits per heavy atom. The van der Waals surface area contributed by atoms with Gasteiger partial charge < -0.3 is 5.32 Å². The Morgan fingerprint density at radius 1 is 0.938 bits per heavy atom. The average Bonchev–Trinajstić information content (AvgIpc) is 2.77. The third-order valence-corrected chi connectivity index (χ3v) is 5.14. The van der Waals surface area contributed by atoms with Crippen molar-refractivity contribution in [3.8, 4) is 0 Å². The second kappa shape index (κ2) is 6.05. The third-order valence-electron chi connectivity index (χ3n) is 5.14. The molecule has 0 heterocycles. The summed E-state index contributed by atoms with van der Waals surface area (Å²) in [7, 11) is 0. The normalized spacial score (nSPS) is 36.8. The number of rotatable bonds is 4. The molecule has 0 aromatic heterocycles. The maximum absolute atomic E-state index is 3.83. The van der Waals surface area contributed by atoms with Crippen molar-refractivity contribution in [3.63, 3.8) is 0 Å². The van der Waals surface area contributed by atoms with Gasteiger partial charge in [-0.1, -0.05) is 52.4 Å². The lowest BCUT2D eigenvalue weighted by Crippen LogP contribution is -2.41. The van der Waals surface area contributed by atoms with Gasteiger partial charge in [0.25, 0.3) is 0 Å². The van der Waals surface area contributed by atoms with Gasteiger partial charge in [-0.15, -0.1) is 0 Å². The Labute approximate surface area is 101 Å². The monoisotopic (exact) mass is 223 g/mol. The van der Waals surface area contributed by atoms with E-state index < -0.39 is 0 Å². The van der Waals surface area contributed by atoms with Crippen LogP contribution in [0.3, 0.4) is 0 Å². The highest BCUT2D eigenvalue weighted by Crippen LogP contribution is 2.30. The summed E-state index contributed by atoms with van der Waals surface area (Å²) < 4.78 is 0. The maximum atomic E-state index is 3.83. The fraction of sp³-hybridized carbons (Fsp3) is 1.00. The van der Waals surface area contributed by atoms with E-state index in [1.807, 2.05) is 0 Å². The molecule has 2 saturated carbocycles. The minimum Gasteiger partial charge on any atom is -0.314 e. The van der Waals surface area contributed by atoms with Crippen molar-refractivity contribution in [1.29, 1.82) is 0 Å². The summed E-state index contributed by atoms with van der Waals surface area (Å²) in [6.45, 7) is 6.14.